The topological polar surface area (TPSA) is 147 Å². The van der Waals surface area contributed by atoms with Gasteiger partial charge in [0.2, 0.25) is 0 Å². The van der Waals surface area contributed by atoms with Gasteiger partial charge in [-0.15, -0.1) is 0 Å². The molecule has 310 valence electrons. The molecule has 6 rings (SSSR count). The smallest absolute Gasteiger partial charge is 0.347 e. The average molecular weight is 818 g/mol. The number of esters is 3. The Kier molecular flexibility index (Phi) is 13.9. The lowest BCUT2D eigenvalue weighted by Gasteiger charge is -2.31. The van der Waals surface area contributed by atoms with Gasteiger partial charge in [0, 0.05) is 28.3 Å². The fourth-order valence-electron chi connectivity index (χ4n) is 6.12. The molecular formula is C50H47N3O8. The zero-order valence-electron chi connectivity index (χ0n) is 34.6. The van der Waals surface area contributed by atoms with E-state index in [1.165, 1.54) is 26.8 Å². The highest BCUT2D eigenvalue weighted by molar-refractivity contribution is 5.87. The molecule has 0 aliphatic carbocycles. The maximum atomic E-state index is 13.2. The molecule has 0 spiro atoms. The van der Waals surface area contributed by atoms with Crippen LogP contribution in [0.1, 0.15) is 34.1 Å². The Morgan fingerprint density at radius 1 is 0.590 bits per heavy atom. The molecule has 0 saturated carbocycles. The van der Waals surface area contributed by atoms with Gasteiger partial charge in [-0.05, 0) is 61.6 Å². The van der Waals surface area contributed by atoms with E-state index < -0.39 is 29.4 Å². The molecule has 1 unspecified atom stereocenters. The number of aromatic hydroxyl groups is 1. The van der Waals surface area contributed by atoms with Crippen molar-refractivity contribution in [3.8, 4) is 67.9 Å². The molecule has 11 nitrogen and oxygen atoms in total. The number of nitrogens with zero attached hydrogens (tertiary/aromatic N) is 3. The van der Waals surface area contributed by atoms with E-state index in [0.29, 0.717) is 23.6 Å². The summed E-state index contributed by atoms with van der Waals surface area (Å²) in [6, 6.07) is 40.5. The van der Waals surface area contributed by atoms with Crippen molar-refractivity contribution in [2.45, 2.75) is 40.2 Å². The first-order chi connectivity index (χ1) is 29.3. The Bertz CT molecular complexity index is 2390. The molecule has 6 aromatic rings. The van der Waals surface area contributed by atoms with Crippen LogP contribution in [0, 0.1) is 5.41 Å². The summed E-state index contributed by atoms with van der Waals surface area (Å²) in [5.41, 5.74) is 5.40. The van der Waals surface area contributed by atoms with Gasteiger partial charge >= 0.3 is 17.9 Å². The summed E-state index contributed by atoms with van der Waals surface area (Å²) in [5.74, 6) is -0.951. The zero-order valence-corrected chi connectivity index (χ0v) is 34.6. The lowest BCUT2D eigenvalue weighted by Crippen LogP contribution is -2.40. The Morgan fingerprint density at radius 2 is 1.00 bits per heavy atom. The number of phenols is 1. The van der Waals surface area contributed by atoms with Gasteiger partial charge in [-0.1, -0.05) is 129 Å². The number of carbonyl (C=O) groups excluding carboxylic acids is 3. The van der Waals surface area contributed by atoms with Crippen molar-refractivity contribution in [1.82, 2.24) is 15.0 Å². The Balaban J connectivity index is 1.23. The van der Waals surface area contributed by atoms with E-state index >= 15 is 0 Å². The molecule has 1 atom stereocenters. The minimum absolute atomic E-state index is 0.181. The summed E-state index contributed by atoms with van der Waals surface area (Å²) in [5, 5.41) is 11.4. The Labute approximate surface area is 355 Å². The number of rotatable bonds is 17. The van der Waals surface area contributed by atoms with E-state index in [9.17, 15) is 19.5 Å². The van der Waals surface area contributed by atoms with Crippen LogP contribution >= 0.6 is 0 Å². The quantitative estimate of drug-likeness (QED) is 0.0533. The monoisotopic (exact) mass is 817 g/mol. The number of carbonyl (C=O) groups is 3. The van der Waals surface area contributed by atoms with Crippen molar-refractivity contribution in [3.63, 3.8) is 0 Å². The van der Waals surface area contributed by atoms with Gasteiger partial charge in [0.15, 0.2) is 23.6 Å². The first-order valence-corrected chi connectivity index (χ1v) is 19.7. The highest BCUT2D eigenvalue weighted by Gasteiger charge is 2.35. The maximum Gasteiger partial charge on any atom is 0.347 e. The highest BCUT2D eigenvalue weighted by atomic mass is 16.6. The van der Waals surface area contributed by atoms with Crippen molar-refractivity contribution in [3.05, 3.63) is 152 Å². The van der Waals surface area contributed by atoms with E-state index in [-0.39, 0.29) is 48.3 Å². The molecule has 0 saturated heterocycles. The summed E-state index contributed by atoms with van der Waals surface area (Å²) in [4.78, 5) is 52.2. The van der Waals surface area contributed by atoms with Crippen LogP contribution in [-0.2, 0) is 28.6 Å². The van der Waals surface area contributed by atoms with Gasteiger partial charge < -0.3 is 24.1 Å². The Hall–Kier alpha value is -7.40. The predicted octanol–water partition coefficient (Wildman–Crippen LogP) is 9.86. The minimum Gasteiger partial charge on any atom is -0.507 e. The minimum atomic E-state index is -1.12. The molecule has 5 aromatic carbocycles. The number of benzene rings is 5. The number of hydrogen-bond acceptors (Lipinski definition) is 11. The maximum absolute atomic E-state index is 13.2. The first-order valence-electron chi connectivity index (χ1n) is 19.7. The van der Waals surface area contributed by atoms with Crippen LogP contribution in [0.25, 0.3) is 56.4 Å². The van der Waals surface area contributed by atoms with E-state index in [0.717, 1.165) is 33.4 Å². The van der Waals surface area contributed by atoms with Crippen molar-refractivity contribution < 1.29 is 38.4 Å². The van der Waals surface area contributed by atoms with Gasteiger partial charge in [0.1, 0.15) is 31.3 Å². The summed E-state index contributed by atoms with van der Waals surface area (Å²) >= 11 is 0. The van der Waals surface area contributed by atoms with Crippen molar-refractivity contribution in [2.24, 2.45) is 5.41 Å². The van der Waals surface area contributed by atoms with E-state index in [2.05, 4.69) is 13.2 Å². The van der Waals surface area contributed by atoms with Gasteiger partial charge in [-0.3, -0.25) is 0 Å². The van der Waals surface area contributed by atoms with Crippen LogP contribution in [-0.4, -0.2) is 63.9 Å². The molecule has 0 fully saturated rings. The molecule has 1 N–H and O–H groups in total. The number of hydrogen-bond donors (Lipinski definition) is 1. The largest absolute Gasteiger partial charge is 0.507 e. The predicted molar refractivity (Wildman–Crippen MR) is 234 cm³/mol. The second-order valence-corrected chi connectivity index (χ2v) is 14.8. The number of aromatic nitrogens is 3. The van der Waals surface area contributed by atoms with E-state index in [4.69, 9.17) is 33.9 Å². The molecular weight excluding hydrogens is 771 g/mol. The highest BCUT2D eigenvalue weighted by Crippen LogP contribution is 2.34. The third-order valence-corrected chi connectivity index (χ3v) is 9.98. The summed E-state index contributed by atoms with van der Waals surface area (Å²) < 4.78 is 22.3. The van der Waals surface area contributed by atoms with Crippen molar-refractivity contribution in [2.75, 3.05) is 19.8 Å². The molecule has 61 heavy (non-hydrogen) atoms. The number of phenolic OH excluding ortho intramolecular Hbond substituents is 1. The SMILES string of the molecule is C=C(C)C(=O)OCC(CC)(COC(=O)C(=C)C)COC(=O)C(C)Oc1ccc(-c2nc(-c3ccc(-c4ccccc4)cc3)nc(-c3ccc(-c4ccccc4)cc3)n2)c(O)c1. The fourth-order valence-corrected chi connectivity index (χ4v) is 6.12. The fraction of sp³-hybridized carbons (Fsp3) is 0.200. The molecule has 0 aliphatic heterocycles. The van der Waals surface area contributed by atoms with Gasteiger partial charge in [0.05, 0.1) is 11.0 Å². The molecule has 0 radical (unpaired) electrons. The second kappa shape index (κ2) is 19.6. The van der Waals surface area contributed by atoms with Gasteiger partial charge in [-0.25, -0.2) is 29.3 Å². The summed E-state index contributed by atoms with van der Waals surface area (Å²) in [6.07, 6.45) is -0.792. The molecule has 0 bridgehead atoms. The van der Waals surface area contributed by atoms with Crippen LogP contribution in [0.2, 0.25) is 0 Å². The Morgan fingerprint density at radius 3 is 1.43 bits per heavy atom. The second-order valence-electron chi connectivity index (χ2n) is 14.8. The first kappa shape index (κ1) is 43.2. The van der Waals surface area contributed by atoms with Crippen LogP contribution in [0.15, 0.2) is 152 Å². The summed E-state index contributed by atoms with van der Waals surface area (Å²) in [6.45, 7) is 12.9. The van der Waals surface area contributed by atoms with Crippen LogP contribution < -0.4 is 4.74 Å². The van der Waals surface area contributed by atoms with E-state index in [1.807, 2.05) is 109 Å². The third kappa shape index (κ3) is 11.0. The van der Waals surface area contributed by atoms with Crippen molar-refractivity contribution in [1.29, 1.82) is 0 Å². The lowest BCUT2D eigenvalue weighted by atomic mass is 9.88. The van der Waals surface area contributed by atoms with Gasteiger partial charge in [-0.2, -0.15) is 0 Å². The third-order valence-electron chi connectivity index (χ3n) is 9.98. The van der Waals surface area contributed by atoms with Crippen LogP contribution in [0.4, 0.5) is 0 Å². The normalized spacial score (nSPS) is 11.5. The molecule has 11 heteroatoms. The molecule has 0 amide bonds. The van der Waals surface area contributed by atoms with Gasteiger partial charge in [0.25, 0.3) is 0 Å². The van der Waals surface area contributed by atoms with Crippen LogP contribution in [0.3, 0.4) is 0 Å². The van der Waals surface area contributed by atoms with Crippen LogP contribution in [0.5, 0.6) is 11.5 Å². The average Bonchev–Trinajstić information content (AvgIpc) is 3.29. The standard InChI is InChI=1S/C50H47N3O8/c1-7-50(29-58-47(55)32(2)3,30-59-48(56)33(4)5)31-60-49(57)34(6)61-41-26-27-42(43(54)28-41)46-52-44(39-22-18-37(19-23-39)35-14-10-8-11-15-35)51-45(53-46)40-24-20-38(21-25-40)36-16-12-9-13-17-36/h8-28,34,54H,2,4,7,29-31H2,1,3,5-6H3. The lowest BCUT2D eigenvalue weighted by molar-refractivity contribution is -0.163. The molecule has 1 aromatic heterocycles. The number of ether oxygens (including phenoxy) is 4. The zero-order chi connectivity index (χ0) is 43.5. The van der Waals surface area contributed by atoms with Crippen molar-refractivity contribution >= 4 is 17.9 Å². The summed E-state index contributed by atoms with van der Waals surface area (Å²) in [7, 11) is 0. The molecule has 0 aliphatic rings. The van der Waals surface area contributed by atoms with E-state index in [1.54, 1.807) is 19.1 Å². The molecule has 1 heterocycles.